The molecule has 1 atom stereocenters. The van der Waals surface area contributed by atoms with Crippen molar-refractivity contribution in [2.75, 3.05) is 13.8 Å². The first kappa shape index (κ1) is 16.0. The van der Waals surface area contributed by atoms with Crippen molar-refractivity contribution in [2.24, 2.45) is 0 Å². The fraction of sp³-hybridized carbons (Fsp3) is 0.294. The Morgan fingerprint density at radius 1 is 0.905 bits per heavy atom. The molecule has 0 amide bonds. The lowest BCUT2D eigenvalue weighted by atomic mass is 10.0. The highest BCUT2D eigenvalue weighted by Crippen LogP contribution is 2.43. The van der Waals surface area contributed by atoms with E-state index < -0.39 is 7.60 Å². The first-order valence-electron chi connectivity index (χ1n) is 7.00. The Labute approximate surface area is 126 Å². The first-order valence-corrected chi connectivity index (χ1v) is 8.99. The molecule has 0 saturated carbocycles. The van der Waals surface area contributed by atoms with Crippen molar-refractivity contribution >= 4 is 7.60 Å². The predicted molar refractivity (Wildman–Crippen MR) is 86.6 cm³/mol. The van der Waals surface area contributed by atoms with Crippen LogP contribution in [0.2, 0.25) is 0 Å². The number of rotatable bonds is 6. The fourth-order valence-corrected chi connectivity index (χ4v) is 2.46. The molecule has 0 aliphatic heterocycles. The van der Waals surface area contributed by atoms with Gasteiger partial charge in [0, 0.05) is 13.8 Å². The van der Waals surface area contributed by atoms with Crippen LogP contribution < -0.4 is 0 Å². The van der Waals surface area contributed by atoms with E-state index in [1.807, 2.05) is 24.3 Å². The molecule has 21 heavy (non-hydrogen) atoms. The maximum Gasteiger partial charge on any atom is 0.327 e. The van der Waals surface area contributed by atoms with Gasteiger partial charge in [0.15, 0.2) is 0 Å². The highest BCUT2D eigenvalue weighted by Gasteiger charge is 2.13. The molecular formula is C17H21O3P. The molecule has 2 rings (SSSR count). The average molecular weight is 304 g/mol. The van der Waals surface area contributed by atoms with Gasteiger partial charge in [-0.3, -0.25) is 4.57 Å². The summed E-state index contributed by atoms with van der Waals surface area (Å²) in [4.78, 5) is 0. The Hall–Kier alpha value is -1.41. The zero-order valence-corrected chi connectivity index (χ0v) is 13.6. The van der Waals surface area contributed by atoms with Gasteiger partial charge in [0.05, 0.1) is 6.61 Å². The van der Waals surface area contributed by atoms with E-state index in [4.69, 9.17) is 9.05 Å². The summed E-state index contributed by atoms with van der Waals surface area (Å²) in [5, 5.41) is 0. The van der Waals surface area contributed by atoms with Gasteiger partial charge in [-0.2, -0.15) is 0 Å². The molecule has 2 aromatic rings. The second kappa shape index (κ2) is 7.04. The topological polar surface area (TPSA) is 35.5 Å². The molecule has 0 heterocycles. The monoisotopic (exact) mass is 304 g/mol. The predicted octanol–water partition coefficient (Wildman–Crippen LogP) is 4.90. The third-order valence-corrected chi connectivity index (χ3v) is 4.71. The summed E-state index contributed by atoms with van der Waals surface area (Å²) in [5.41, 5.74) is 4.66. The summed E-state index contributed by atoms with van der Waals surface area (Å²) in [6, 6.07) is 16.6. The molecule has 1 unspecified atom stereocenters. The molecule has 0 bridgehead atoms. The molecule has 0 aliphatic carbocycles. The van der Waals surface area contributed by atoms with Gasteiger partial charge in [0.1, 0.15) is 0 Å². The molecule has 112 valence electrons. The molecule has 0 aromatic heterocycles. The minimum Gasteiger partial charge on any atom is -0.312 e. The van der Waals surface area contributed by atoms with Gasteiger partial charge in [0.25, 0.3) is 0 Å². The van der Waals surface area contributed by atoms with E-state index >= 15 is 0 Å². The van der Waals surface area contributed by atoms with Crippen LogP contribution in [0.3, 0.4) is 0 Å². The van der Waals surface area contributed by atoms with Crippen LogP contribution in [0.1, 0.15) is 18.1 Å². The van der Waals surface area contributed by atoms with Gasteiger partial charge in [0.2, 0.25) is 0 Å². The molecule has 0 aliphatic rings. The standard InChI is InChI=1S/C17H21O3P/c1-4-14-5-9-16(10-6-14)17-11-7-15(8-12-17)13-20-21(3,18)19-2/h5-12H,4,13H2,1-3H3. The van der Waals surface area contributed by atoms with E-state index in [-0.39, 0.29) is 6.61 Å². The lowest BCUT2D eigenvalue weighted by Gasteiger charge is -2.11. The number of benzene rings is 2. The minimum atomic E-state index is -2.92. The number of aryl methyl sites for hydroxylation is 1. The maximum absolute atomic E-state index is 11.7. The Bertz CT molecular complexity index is 617. The van der Waals surface area contributed by atoms with E-state index in [1.54, 1.807) is 0 Å². The normalized spacial score (nSPS) is 13.9. The third kappa shape index (κ3) is 4.53. The van der Waals surface area contributed by atoms with Crippen molar-refractivity contribution < 1.29 is 13.6 Å². The highest BCUT2D eigenvalue weighted by atomic mass is 31.2. The van der Waals surface area contributed by atoms with E-state index in [2.05, 4.69) is 31.2 Å². The van der Waals surface area contributed by atoms with Crippen molar-refractivity contribution in [2.45, 2.75) is 20.0 Å². The van der Waals surface area contributed by atoms with Crippen molar-refractivity contribution in [3.8, 4) is 11.1 Å². The van der Waals surface area contributed by atoms with Crippen molar-refractivity contribution in [3.05, 3.63) is 59.7 Å². The Balaban J connectivity index is 2.06. The lowest BCUT2D eigenvalue weighted by Crippen LogP contribution is -1.92. The van der Waals surface area contributed by atoms with Gasteiger partial charge >= 0.3 is 7.60 Å². The quantitative estimate of drug-likeness (QED) is 0.712. The zero-order chi connectivity index (χ0) is 15.3. The lowest BCUT2D eigenvalue weighted by molar-refractivity contribution is 0.230. The van der Waals surface area contributed by atoms with Gasteiger partial charge in [-0.1, -0.05) is 55.5 Å². The second-order valence-electron chi connectivity index (χ2n) is 4.97. The smallest absolute Gasteiger partial charge is 0.312 e. The fourth-order valence-electron chi connectivity index (χ4n) is 1.97. The van der Waals surface area contributed by atoms with Crippen molar-refractivity contribution in [3.63, 3.8) is 0 Å². The number of hydrogen-bond donors (Lipinski definition) is 0. The Morgan fingerprint density at radius 2 is 1.38 bits per heavy atom. The zero-order valence-electron chi connectivity index (χ0n) is 12.7. The van der Waals surface area contributed by atoms with E-state index in [9.17, 15) is 4.57 Å². The summed E-state index contributed by atoms with van der Waals surface area (Å²) >= 11 is 0. The van der Waals surface area contributed by atoms with E-state index in [1.165, 1.54) is 24.9 Å². The van der Waals surface area contributed by atoms with Crippen LogP contribution in [-0.2, 0) is 26.6 Å². The van der Waals surface area contributed by atoms with Gasteiger partial charge in [-0.05, 0) is 28.7 Å². The van der Waals surface area contributed by atoms with Gasteiger partial charge in [-0.25, -0.2) is 0 Å². The number of hydrogen-bond acceptors (Lipinski definition) is 3. The molecule has 0 saturated heterocycles. The van der Waals surface area contributed by atoms with E-state index in [0.717, 1.165) is 17.5 Å². The van der Waals surface area contributed by atoms with Crippen LogP contribution in [0.25, 0.3) is 11.1 Å². The average Bonchev–Trinajstić information content (AvgIpc) is 2.54. The molecule has 0 N–H and O–H groups in total. The molecule has 2 aromatic carbocycles. The summed E-state index contributed by atoms with van der Waals surface area (Å²) in [6.45, 7) is 3.91. The Morgan fingerprint density at radius 3 is 1.81 bits per heavy atom. The van der Waals surface area contributed by atoms with Crippen molar-refractivity contribution in [1.29, 1.82) is 0 Å². The van der Waals surface area contributed by atoms with Crippen LogP contribution >= 0.6 is 7.60 Å². The summed E-state index contributed by atoms with van der Waals surface area (Å²) in [6.07, 6.45) is 1.05. The van der Waals surface area contributed by atoms with Crippen molar-refractivity contribution in [1.82, 2.24) is 0 Å². The summed E-state index contributed by atoms with van der Waals surface area (Å²) in [7, 11) is -1.53. The summed E-state index contributed by atoms with van der Waals surface area (Å²) < 4.78 is 21.7. The molecule has 4 heteroatoms. The molecule has 0 fully saturated rings. The third-order valence-electron chi connectivity index (χ3n) is 3.45. The molecule has 3 nitrogen and oxygen atoms in total. The van der Waals surface area contributed by atoms with E-state index in [0.29, 0.717) is 0 Å². The Kier molecular flexibility index (Phi) is 5.35. The maximum atomic E-state index is 11.7. The largest absolute Gasteiger partial charge is 0.327 e. The van der Waals surface area contributed by atoms with Crippen LogP contribution in [0.4, 0.5) is 0 Å². The van der Waals surface area contributed by atoms with Gasteiger partial charge in [-0.15, -0.1) is 0 Å². The van der Waals surface area contributed by atoms with Crippen LogP contribution in [-0.4, -0.2) is 13.8 Å². The van der Waals surface area contributed by atoms with Crippen LogP contribution in [0.5, 0.6) is 0 Å². The second-order valence-corrected chi connectivity index (χ2v) is 7.14. The van der Waals surface area contributed by atoms with Gasteiger partial charge < -0.3 is 9.05 Å². The minimum absolute atomic E-state index is 0.288. The summed E-state index contributed by atoms with van der Waals surface area (Å²) in [5.74, 6) is 0. The molecule has 0 radical (unpaired) electrons. The highest BCUT2D eigenvalue weighted by molar-refractivity contribution is 7.52. The first-order chi connectivity index (χ1) is 10.0. The van der Waals surface area contributed by atoms with Crippen LogP contribution in [0, 0.1) is 0 Å². The molecular weight excluding hydrogens is 283 g/mol. The van der Waals surface area contributed by atoms with Crippen LogP contribution in [0.15, 0.2) is 48.5 Å². The SMILES string of the molecule is CCc1ccc(-c2ccc(COP(C)(=O)OC)cc2)cc1. The molecule has 0 spiro atoms.